The number of carbonyl (C=O) groups excluding carboxylic acids is 4. The molecule has 0 unspecified atom stereocenters. The Kier molecular flexibility index (Phi) is 14.7. The maximum Gasteiger partial charge on any atom is 1.00 e. The molecule has 4 aliphatic rings. The molecule has 2 saturated carbocycles. The molecule has 8 rings (SSSR count). The molecule has 1 N–H and O–H groups in total. The maximum absolute atomic E-state index is 14.1. The van der Waals surface area contributed by atoms with Crippen LogP contribution in [0.5, 0.6) is 11.5 Å². The van der Waals surface area contributed by atoms with Gasteiger partial charge >= 0.3 is 51.4 Å². The Balaban J connectivity index is 0.000000206. The van der Waals surface area contributed by atoms with Crippen LogP contribution in [-0.4, -0.2) is 101 Å². The normalized spacial score (nSPS) is 22.0. The number of halogens is 4. The molecule has 63 heavy (non-hydrogen) atoms. The number of methoxy groups -OCH3 is 2. The van der Waals surface area contributed by atoms with Gasteiger partial charge in [-0.2, -0.15) is 0 Å². The van der Waals surface area contributed by atoms with Gasteiger partial charge in [-0.15, -0.1) is 0 Å². The third-order valence-corrected chi connectivity index (χ3v) is 13.1. The number of aromatic nitrogens is 2. The molecule has 0 saturated heterocycles. The minimum atomic E-state index is -1.01. The Morgan fingerprint density at radius 2 is 1.13 bits per heavy atom. The smallest absolute Gasteiger partial charge is 0.868 e. The molecule has 4 heterocycles. The van der Waals surface area contributed by atoms with Crippen LogP contribution in [0.3, 0.4) is 0 Å². The van der Waals surface area contributed by atoms with Crippen LogP contribution >= 0.6 is 23.2 Å². The molecule has 14 nitrogen and oxygen atoms in total. The molecule has 2 aliphatic heterocycles. The first-order chi connectivity index (χ1) is 29.4. The number of rotatable bonds is 10. The number of likely N-dealkylation sites (N-methyl/N-ethyl adjacent to an activating group) is 2. The van der Waals surface area contributed by atoms with Crippen molar-refractivity contribution in [3.8, 4) is 11.5 Å². The third-order valence-electron chi connectivity index (χ3n) is 12.5. The van der Waals surface area contributed by atoms with Gasteiger partial charge in [-0.05, 0) is 67.5 Å². The van der Waals surface area contributed by atoms with Gasteiger partial charge in [0.2, 0.25) is 5.43 Å². The number of pyridine rings is 2. The van der Waals surface area contributed by atoms with Gasteiger partial charge in [0, 0.05) is 66.6 Å². The maximum atomic E-state index is 14.1. The molecule has 2 amide bonds. The molecular weight excluding hydrogens is 893 g/mol. The van der Waals surface area contributed by atoms with E-state index in [0.717, 1.165) is 0 Å². The molecule has 2 aromatic heterocycles. The Labute approximate surface area is 413 Å². The number of nitrogens with zero attached hydrogens (tertiary/aromatic N) is 4. The largest absolute Gasteiger partial charge is 1.00 e. The van der Waals surface area contributed by atoms with Crippen molar-refractivity contribution >= 4 is 46.6 Å². The molecule has 328 valence electrons. The van der Waals surface area contributed by atoms with Crippen LogP contribution in [0.1, 0.15) is 91.3 Å². The fraction of sp³-hybridized carbons (Fsp3) is 0.409. The first kappa shape index (κ1) is 48.7. The fourth-order valence-electron chi connectivity index (χ4n) is 9.09. The van der Waals surface area contributed by atoms with Crippen molar-refractivity contribution in [1.82, 2.24) is 18.9 Å². The number of carbonyl (C=O) groups is 4. The number of amides is 2. The van der Waals surface area contributed by atoms with E-state index in [1.807, 2.05) is 0 Å². The Morgan fingerprint density at radius 3 is 1.56 bits per heavy atom. The number of Topliss-reactive ketones (excluding diaryl/α,β-unsaturated/α-hetero) is 2. The minimum Gasteiger partial charge on any atom is -0.868 e. The average Bonchev–Trinajstić information content (AvgIpc) is 3.22. The fourth-order valence-corrected chi connectivity index (χ4v) is 9.48. The molecule has 0 bridgehead atoms. The summed E-state index contributed by atoms with van der Waals surface area (Å²) in [6, 6.07) is 9.00. The average molecular weight is 936 g/mol. The van der Waals surface area contributed by atoms with Crippen molar-refractivity contribution in [2.45, 2.75) is 74.7 Å². The summed E-state index contributed by atoms with van der Waals surface area (Å²) in [4.78, 5) is 79.3. The quantitative estimate of drug-likeness (QED) is 0.182. The monoisotopic (exact) mass is 934 g/mol. The number of ketones is 2. The number of aryl methyl sites for hydroxylation is 2. The van der Waals surface area contributed by atoms with Crippen molar-refractivity contribution in [3.05, 3.63) is 125 Å². The van der Waals surface area contributed by atoms with Gasteiger partial charge in [-0.1, -0.05) is 47.5 Å². The first-order valence-corrected chi connectivity index (χ1v) is 20.6. The van der Waals surface area contributed by atoms with Crippen LogP contribution in [0, 0.1) is 11.6 Å². The van der Waals surface area contributed by atoms with Crippen LogP contribution in [0.4, 0.5) is 8.78 Å². The summed E-state index contributed by atoms with van der Waals surface area (Å²) >= 11 is 11.6. The predicted molar refractivity (Wildman–Crippen MR) is 221 cm³/mol. The van der Waals surface area contributed by atoms with E-state index in [2.05, 4.69) is 0 Å². The number of hydrogen-bond donors (Lipinski definition) is 1. The third kappa shape index (κ3) is 8.85. The zero-order valence-corrected chi connectivity index (χ0v) is 39.9. The zero-order valence-electron chi connectivity index (χ0n) is 35.3. The topological polar surface area (TPSA) is 181 Å². The summed E-state index contributed by atoms with van der Waals surface area (Å²) in [5.74, 6) is -5.10. The predicted octanol–water partition coefficient (Wildman–Crippen LogP) is 1.88. The van der Waals surface area contributed by atoms with E-state index in [0.29, 0.717) is 38.8 Å². The van der Waals surface area contributed by atoms with E-state index in [-0.39, 0.29) is 133 Å². The molecule has 2 aromatic carbocycles. The molecule has 19 heteroatoms. The van der Waals surface area contributed by atoms with Crippen LogP contribution in [0.15, 0.2) is 58.4 Å². The van der Waals surface area contributed by atoms with E-state index in [1.54, 1.807) is 45.0 Å². The van der Waals surface area contributed by atoms with Crippen molar-refractivity contribution in [2.75, 3.05) is 41.4 Å². The van der Waals surface area contributed by atoms with Crippen molar-refractivity contribution in [2.24, 2.45) is 0 Å². The van der Waals surface area contributed by atoms with Crippen molar-refractivity contribution in [3.63, 3.8) is 0 Å². The Bertz CT molecular complexity index is 2470. The standard InChI is InChI=1S/2C22H22ClFN2O5.K/c2*1-25-11-22(8-13(9-22)31-2)26-10-14(19(28)20(29)18(26)21(25)30)16(27)7-6-12-4-3-5-15(23)17(12)24;/h2*3-5,10,13,29H,6-9,11H2,1-2H3;/q;;+1/p-1. The van der Waals surface area contributed by atoms with Crippen LogP contribution < -0.4 is 67.3 Å². The van der Waals surface area contributed by atoms with Gasteiger partial charge in [-0.25, -0.2) is 8.78 Å². The van der Waals surface area contributed by atoms with Gasteiger partial charge in [-0.3, -0.25) is 28.8 Å². The van der Waals surface area contributed by atoms with E-state index >= 15 is 0 Å². The summed E-state index contributed by atoms with van der Waals surface area (Å²) in [5, 5.41) is 23.3. The molecule has 0 radical (unpaired) electrons. The molecule has 2 spiro atoms. The summed E-state index contributed by atoms with van der Waals surface area (Å²) in [7, 11) is 6.37. The molecular formula is C44H43Cl2F2KN4O10. The molecule has 0 atom stereocenters. The second-order valence-corrected chi connectivity index (χ2v) is 17.2. The minimum absolute atomic E-state index is 0. The number of fused-ring (bicyclic) bond motifs is 4. The Morgan fingerprint density at radius 1 is 0.730 bits per heavy atom. The summed E-state index contributed by atoms with van der Waals surface area (Å²) in [6.45, 7) is 0.727. The van der Waals surface area contributed by atoms with E-state index < -0.39 is 68.4 Å². The summed E-state index contributed by atoms with van der Waals surface area (Å²) < 4.78 is 42.0. The number of aromatic hydroxyl groups is 1. The first-order valence-electron chi connectivity index (χ1n) is 19.8. The number of ether oxygens (including phenoxy) is 2. The zero-order chi connectivity index (χ0) is 45.0. The van der Waals surface area contributed by atoms with Crippen LogP contribution in [0.2, 0.25) is 10.0 Å². The van der Waals surface area contributed by atoms with Crippen molar-refractivity contribution in [1.29, 1.82) is 0 Å². The van der Waals surface area contributed by atoms with Crippen molar-refractivity contribution < 1.29 is 99.0 Å². The second kappa shape index (κ2) is 19.0. The van der Waals surface area contributed by atoms with Gasteiger partial charge in [0.15, 0.2) is 28.4 Å². The van der Waals surface area contributed by atoms with Crippen LogP contribution in [0.25, 0.3) is 0 Å². The molecule has 2 fully saturated rings. The van der Waals surface area contributed by atoms with Gasteiger partial charge in [0.05, 0.1) is 44.5 Å². The van der Waals surface area contributed by atoms with Gasteiger partial charge in [0.25, 0.3) is 11.8 Å². The second-order valence-electron chi connectivity index (χ2n) is 16.4. The van der Waals surface area contributed by atoms with E-state index in [4.69, 9.17) is 32.7 Å². The van der Waals surface area contributed by atoms with Crippen LogP contribution in [-0.2, 0) is 33.4 Å². The SMILES string of the molecule is COC1CC2(C1)CN(C)C(=O)c1c(O)c(=O)c(C(=O)CCc3cccc(Cl)c3F)cn12.COC1CC2(C1)CN(C)C(=O)c1c([O-])c(=O)c(C(=O)CCc3cccc(Cl)c3F)cn12.[K+]. The van der Waals surface area contributed by atoms with E-state index in [9.17, 15) is 47.8 Å². The van der Waals surface area contributed by atoms with E-state index in [1.165, 1.54) is 51.0 Å². The number of benzene rings is 2. The summed E-state index contributed by atoms with van der Waals surface area (Å²) in [5.41, 5.74) is -3.41. The molecule has 2 aliphatic carbocycles. The molecule has 4 aromatic rings. The number of hydrogen-bond acceptors (Lipinski definition) is 10. The van der Waals surface area contributed by atoms with Gasteiger partial charge < -0.3 is 38.6 Å². The summed E-state index contributed by atoms with van der Waals surface area (Å²) in [6.07, 6.45) is 4.67. The Hall–Kier alpha value is -3.78. The van der Waals surface area contributed by atoms with Gasteiger partial charge in [0.1, 0.15) is 17.3 Å².